The lowest BCUT2D eigenvalue weighted by atomic mass is 10.1. The van der Waals surface area contributed by atoms with Gasteiger partial charge in [0.15, 0.2) is 22.1 Å². The predicted octanol–water partition coefficient (Wildman–Crippen LogP) is 3.90. The van der Waals surface area contributed by atoms with Crippen molar-refractivity contribution in [2.75, 3.05) is 20.4 Å². The van der Waals surface area contributed by atoms with E-state index in [1.165, 1.54) is 6.07 Å². The van der Waals surface area contributed by atoms with Crippen LogP contribution in [0.15, 0.2) is 38.3 Å². The van der Waals surface area contributed by atoms with Crippen molar-refractivity contribution >= 4 is 45.9 Å². The molecule has 3 rings (SSSR count). The van der Waals surface area contributed by atoms with Crippen LogP contribution in [0.3, 0.4) is 0 Å². The highest BCUT2D eigenvalue weighted by molar-refractivity contribution is 14.0. The van der Waals surface area contributed by atoms with Gasteiger partial charge in [0, 0.05) is 38.2 Å². The normalized spacial score (nSPS) is 12.7. The Balaban J connectivity index is 0.00000280. The van der Waals surface area contributed by atoms with Crippen molar-refractivity contribution in [2.45, 2.75) is 19.6 Å². The number of rotatable bonds is 7. The molecule has 2 heterocycles. The van der Waals surface area contributed by atoms with Gasteiger partial charge in [-0.05, 0) is 34.1 Å². The van der Waals surface area contributed by atoms with Gasteiger partial charge in [0.25, 0.3) is 0 Å². The molecule has 1 aliphatic rings. The minimum absolute atomic E-state index is 0. The van der Waals surface area contributed by atoms with E-state index < -0.39 is 6.61 Å². The minimum Gasteiger partial charge on any atom is -0.454 e. The second-order valence-electron chi connectivity index (χ2n) is 5.50. The molecule has 1 aromatic heterocycles. The number of fused-ring (bicyclic) bond motifs is 1. The number of halogens is 4. The molecule has 0 atom stereocenters. The Morgan fingerprint density at radius 3 is 2.64 bits per heavy atom. The summed E-state index contributed by atoms with van der Waals surface area (Å²) in [5.74, 6) is 2.23. The summed E-state index contributed by atoms with van der Waals surface area (Å²) < 4.78 is 46.6. The first kappa shape index (κ1) is 22.5. The van der Waals surface area contributed by atoms with Crippen LogP contribution >= 0.6 is 39.9 Å². The molecule has 0 aliphatic carbocycles. The molecule has 2 N–H and O–H groups in total. The molecular formula is C17H19BrF2IN3O4. The molecule has 0 fully saturated rings. The van der Waals surface area contributed by atoms with Crippen LogP contribution in [0, 0.1) is 0 Å². The molecule has 2 aromatic rings. The first-order valence-electron chi connectivity index (χ1n) is 8.11. The highest BCUT2D eigenvalue weighted by Crippen LogP contribution is 2.38. The van der Waals surface area contributed by atoms with Gasteiger partial charge in [0.05, 0.1) is 0 Å². The van der Waals surface area contributed by atoms with Gasteiger partial charge in [-0.15, -0.1) is 24.0 Å². The number of nitrogens with one attached hydrogen (secondary N) is 2. The van der Waals surface area contributed by atoms with Crippen LogP contribution in [-0.4, -0.2) is 33.0 Å². The summed E-state index contributed by atoms with van der Waals surface area (Å²) in [5.41, 5.74) is 0.498. The van der Waals surface area contributed by atoms with E-state index in [1.807, 2.05) is 12.1 Å². The highest BCUT2D eigenvalue weighted by atomic mass is 127. The van der Waals surface area contributed by atoms with Gasteiger partial charge >= 0.3 is 6.61 Å². The monoisotopic (exact) mass is 573 g/mol. The molecule has 0 saturated carbocycles. The maximum Gasteiger partial charge on any atom is 0.387 e. The fraction of sp³-hybridized carbons (Fsp3) is 0.353. The van der Waals surface area contributed by atoms with Gasteiger partial charge in [-0.1, -0.05) is 0 Å². The second kappa shape index (κ2) is 10.7. The zero-order valence-corrected chi connectivity index (χ0v) is 18.8. The number of alkyl halides is 2. The van der Waals surface area contributed by atoms with Gasteiger partial charge in [0.1, 0.15) is 11.5 Å². The quantitative estimate of drug-likeness (QED) is 0.297. The summed E-state index contributed by atoms with van der Waals surface area (Å²) in [6.07, 6.45) is 0.663. The SMILES string of the molecule is CN=C(NCCc1ccc(Br)o1)NCc1cc2c(cc1OC(F)F)OCO2.I. The summed E-state index contributed by atoms with van der Waals surface area (Å²) in [5, 5.41) is 6.19. The van der Waals surface area contributed by atoms with E-state index >= 15 is 0 Å². The maximum atomic E-state index is 12.7. The van der Waals surface area contributed by atoms with Crippen molar-refractivity contribution in [1.82, 2.24) is 10.6 Å². The standard InChI is InChI=1S/C17H18BrF2N3O4.HI/c1-21-17(22-5-4-11-2-3-15(18)26-11)23-8-10-6-13-14(25-9-24-13)7-12(10)27-16(19)20;/h2-3,6-7,16H,4-5,8-9H2,1H3,(H2,21,22,23);1H. The molecule has 28 heavy (non-hydrogen) atoms. The fourth-order valence-electron chi connectivity index (χ4n) is 2.50. The van der Waals surface area contributed by atoms with Crippen LogP contribution in [-0.2, 0) is 13.0 Å². The first-order valence-corrected chi connectivity index (χ1v) is 8.90. The molecule has 1 aromatic carbocycles. The zero-order chi connectivity index (χ0) is 19.2. The van der Waals surface area contributed by atoms with Gasteiger partial charge in [-0.25, -0.2) is 0 Å². The number of aliphatic imine (C=N–C) groups is 1. The fourth-order valence-corrected chi connectivity index (χ4v) is 2.84. The smallest absolute Gasteiger partial charge is 0.387 e. The molecule has 0 bridgehead atoms. The van der Waals surface area contributed by atoms with Crippen LogP contribution in [0.2, 0.25) is 0 Å². The van der Waals surface area contributed by atoms with Crippen molar-refractivity contribution in [1.29, 1.82) is 0 Å². The summed E-state index contributed by atoms with van der Waals surface area (Å²) in [4.78, 5) is 4.11. The Morgan fingerprint density at radius 2 is 2.00 bits per heavy atom. The van der Waals surface area contributed by atoms with E-state index in [9.17, 15) is 8.78 Å². The van der Waals surface area contributed by atoms with Crippen LogP contribution in [0.4, 0.5) is 8.78 Å². The van der Waals surface area contributed by atoms with E-state index in [1.54, 1.807) is 13.1 Å². The predicted molar refractivity (Wildman–Crippen MR) is 113 cm³/mol. The lowest BCUT2D eigenvalue weighted by Gasteiger charge is -2.15. The van der Waals surface area contributed by atoms with Crippen molar-refractivity contribution in [3.8, 4) is 17.2 Å². The Hall–Kier alpha value is -1.76. The topological polar surface area (TPSA) is 77.3 Å². The average Bonchev–Trinajstić information content (AvgIpc) is 3.25. The number of nitrogens with zero attached hydrogens (tertiary/aromatic N) is 1. The second-order valence-corrected chi connectivity index (χ2v) is 6.28. The van der Waals surface area contributed by atoms with E-state index in [0.29, 0.717) is 40.7 Å². The van der Waals surface area contributed by atoms with Crippen LogP contribution in [0.5, 0.6) is 17.2 Å². The zero-order valence-electron chi connectivity index (χ0n) is 14.8. The lowest BCUT2D eigenvalue weighted by Crippen LogP contribution is -2.37. The van der Waals surface area contributed by atoms with Crippen molar-refractivity contribution in [3.05, 3.63) is 40.3 Å². The molecule has 0 saturated heterocycles. The van der Waals surface area contributed by atoms with Crippen LogP contribution < -0.4 is 24.8 Å². The third-order valence-electron chi connectivity index (χ3n) is 3.73. The Kier molecular flexibility index (Phi) is 8.60. The first-order chi connectivity index (χ1) is 13.0. The maximum absolute atomic E-state index is 12.7. The lowest BCUT2D eigenvalue weighted by molar-refractivity contribution is -0.0505. The third-order valence-corrected chi connectivity index (χ3v) is 4.16. The minimum atomic E-state index is -2.94. The highest BCUT2D eigenvalue weighted by Gasteiger charge is 2.20. The molecular weight excluding hydrogens is 555 g/mol. The van der Waals surface area contributed by atoms with Crippen LogP contribution in [0.25, 0.3) is 0 Å². The van der Waals surface area contributed by atoms with E-state index in [-0.39, 0.29) is 43.1 Å². The third kappa shape index (κ3) is 6.12. The van der Waals surface area contributed by atoms with Gasteiger partial charge in [-0.3, -0.25) is 4.99 Å². The molecule has 7 nitrogen and oxygen atoms in total. The Morgan fingerprint density at radius 1 is 1.25 bits per heavy atom. The Bertz CT molecular complexity index is 820. The molecule has 0 amide bonds. The molecule has 11 heteroatoms. The number of ether oxygens (including phenoxy) is 3. The summed E-state index contributed by atoms with van der Waals surface area (Å²) >= 11 is 3.25. The molecule has 1 aliphatic heterocycles. The summed E-state index contributed by atoms with van der Waals surface area (Å²) in [6.45, 7) is -2.09. The van der Waals surface area contributed by atoms with Crippen molar-refractivity contribution in [2.24, 2.45) is 4.99 Å². The van der Waals surface area contributed by atoms with Gasteiger partial charge < -0.3 is 29.3 Å². The van der Waals surface area contributed by atoms with Gasteiger partial charge in [-0.2, -0.15) is 8.78 Å². The van der Waals surface area contributed by atoms with Gasteiger partial charge in [0.2, 0.25) is 6.79 Å². The van der Waals surface area contributed by atoms with Crippen molar-refractivity contribution in [3.63, 3.8) is 0 Å². The molecule has 0 unspecified atom stereocenters. The summed E-state index contributed by atoms with van der Waals surface area (Å²) in [6, 6.07) is 6.71. The number of hydrogen-bond acceptors (Lipinski definition) is 5. The molecule has 0 spiro atoms. The molecule has 0 radical (unpaired) electrons. The molecule has 154 valence electrons. The van der Waals surface area contributed by atoms with E-state index in [2.05, 4.69) is 36.3 Å². The largest absolute Gasteiger partial charge is 0.454 e. The average molecular weight is 574 g/mol. The summed E-state index contributed by atoms with van der Waals surface area (Å²) in [7, 11) is 1.62. The van der Waals surface area contributed by atoms with E-state index in [0.717, 1.165) is 5.76 Å². The van der Waals surface area contributed by atoms with E-state index in [4.69, 9.17) is 13.9 Å². The van der Waals surface area contributed by atoms with Crippen molar-refractivity contribution < 1.29 is 27.4 Å². The number of guanidine groups is 1. The number of furan rings is 1. The number of hydrogen-bond donors (Lipinski definition) is 2. The Labute approximate surface area is 186 Å². The number of benzene rings is 1. The van der Waals surface area contributed by atoms with Crippen LogP contribution in [0.1, 0.15) is 11.3 Å².